The van der Waals surface area contributed by atoms with E-state index in [1.807, 2.05) is 18.7 Å². The molecule has 0 amide bonds. The molecule has 1 rings (SSSR count). The first-order valence-corrected chi connectivity index (χ1v) is 8.52. The number of rotatable bonds is 6. The molecule has 2 N–H and O–H groups in total. The van der Waals surface area contributed by atoms with Gasteiger partial charge in [0.1, 0.15) is 4.90 Å². The maximum absolute atomic E-state index is 11.7. The van der Waals surface area contributed by atoms with Crippen LogP contribution in [0.5, 0.6) is 0 Å². The van der Waals surface area contributed by atoms with E-state index in [2.05, 4.69) is 15.9 Å². The minimum absolute atomic E-state index is 0.0111. The molecule has 0 heterocycles. The van der Waals surface area contributed by atoms with Gasteiger partial charge in [-0.05, 0) is 32.0 Å². The molecule has 0 spiro atoms. The van der Waals surface area contributed by atoms with Gasteiger partial charge in [-0.15, -0.1) is 0 Å². The van der Waals surface area contributed by atoms with E-state index in [1.165, 1.54) is 6.07 Å². The van der Waals surface area contributed by atoms with Crippen molar-refractivity contribution >= 4 is 37.4 Å². The average molecular weight is 349 g/mol. The predicted molar refractivity (Wildman–Crippen MR) is 79.5 cm³/mol. The molecular weight excluding hydrogens is 332 g/mol. The molecule has 0 saturated heterocycles. The number of ketones is 1. The highest BCUT2D eigenvalue weighted by molar-refractivity contribution is 9.09. The van der Waals surface area contributed by atoms with Gasteiger partial charge in [0, 0.05) is 18.7 Å². The second-order valence-electron chi connectivity index (χ2n) is 3.96. The Hall–Kier alpha value is -0.920. The lowest BCUT2D eigenvalue weighted by Crippen LogP contribution is -2.26. The fourth-order valence-corrected chi connectivity index (χ4v) is 2.92. The van der Waals surface area contributed by atoms with E-state index >= 15 is 0 Å². The van der Waals surface area contributed by atoms with E-state index in [0.717, 1.165) is 0 Å². The van der Waals surface area contributed by atoms with Gasteiger partial charge in [-0.1, -0.05) is 15.9 Å². The standard InChI is InChI=1S/C12H17BrN2O3S/c1-3-15(4-2)10-6-5-9(11(16)8-13)7-12(10)19(14,17)18/h5-7H,3-4,8H2,1-2H3,(H2,14,17,18). The first-order chi connectivity index (χ1) is 8.85. The van der Waals surface area contributed by atoms with Crippen LogP contribution in [0.2, 0.25) is 0 Å². The molecule has 0 aromatic heterocycles. The second-order valence-corrected chi connectivity index (χ2v) is 6.05. The van der Waals surface area contributed by atoms with Crippen molar-refractivity contribution in [2.75, 3.05) is 23.3 Å². The first-order valence-electron chi connectivity index (χ1n) is 5.86. The number of hydrogen-bond acceptors (Lipinski definition) is 4. The summed E-state index contributed by atoms with van der Waals surface area (Å²) in [7, 11) is -3.87. The van der Waals surface area contributed by atoms with E-state index in [9.17, 15) is 13.2 Å². The Morgan fingerprint density at radius 1 is 1.32 bits per heavy atom. The fourth-order valence-electron chi connectivity index (χ4n) is 1.82. The number of carbonyl (C=O) groups excluding carboxylic acids is 1. The Labute approximate surface area is 122 Å². The maximum atomic E-state index is 11.7. The zero-order valence-electron chi connectivity index (χ0n) is 10.9. The zero-order chi connectivity index (χ0) is 14.6. The second kappa shape index (κ2) is 6.49. The van der Waals surface area contributed by atoms with Crippen molar-refractivity contribution in [1.82, 2.24) is 0 Å². The summed E-state index contributed by atoms with van der Waals surface area (Å²) in [6, 6.07) is 4.58. The summed E-state index contributed by atoms with van der Waals surface area (Å²) in [6.07, 6.45) is 0. The SMILES string of the molecule is CCN(CC)c1ccc(C(=O)CBr)cc1S(N)(=O)=O. The van der Waals surface area contributed by atoms with Crippen molar-refractivity contribution in [1.29, 1.82) is 0 Å². The van der Waals surface area contributed by atoms with Gasteiger partial charge in [0.15, 0.2) is 5.78 Å². The normalized spacial score (nSPS) is 11.4. The molecule has 0 fully saturated rings. The summed E-state index contributed by atoms with van der Waals surface area (Å²) in [5.41, 5.74) is 0.857. The van der Waals surface area contributed by atoms with Crippen LogP contribution < -0.4 is 10.0 Å². The number of primary sulfonamides is 1. The van der Waals surface area contributed by atoms with Gasteiger partial charge in [0.2, 0.25) is 10.0 Å². The smallest absolute Gasteiger partial charge is 0.240 e. The molecule has 0 aliphatic carbocycles. The van der Waals surface area contributed by atoms with Crippen LogP contribution in [0.3, 0.4) is 0 Å². The molecule has 106 valence electrons. The molecule has 0 radical (unpaired) electrons. The van der Waals surface area contributed by atoms with E-state index < -0.39 is 10.0 Å². The lowest BCUT2D eigenvalue weighted by molar-refractivity contribution is 0.102. The third kappa shape index (κ3) is 3.77. The van der Waals surface area contributed by atoms with E-state index in [1.54, 1.807) is 12.1 Å². The quantitative estimate of drug-likeness (QED) is 0.627. The fraction of sp³-hybridized carbons (Fsp3) is 0.417. The maximum Gasteiger partial charge on any atom is 0.240 e. The Kier molecular flexibility index (Phi) is 5.51. The molecule has 0 aliphatic rings. The van der Waals surface area contributed by atoms with Crippen molar-refractivity contribution in [3.8, 4) is 0 Å². The molecule has 0 bridgehead atoms. The first kappa shape index (κ1) is 16.1. The number of nitrogens with two attached hydrogens (primary N) is 1. The average Bonchev–Trinajstić information content (AvgIpc) is 2.38. The number of hydrogen-bond donors (Lipinski definition) is 1. The number of alkyl halides is 1. The van der Waals surface area contributed by atoms with Gasteiger partial charge in [0.05, 0.1) is 11.0 Å². The molecule has 0 saturated carbocycles. The summed E-state index contributed by atoms with van der Waals surface area (Å²) >= 11 is 3.06. The largest absolute Gasteiger partial charge is 0.371 e. The van der Waals surface area contributed by atoms with Crippen LogP contribution in [0, 0.1) is 0 Å². The summed E-state index contributed by atoms with van der Waals surface area (Å²) in [5.74, 6) is -0.184. The zero-order valence-corrected chi connectivity index (χ0v) is 13.3. The number of sulfonamides is 1. The van der Waals surface area contributed by atoms with Crippen LogP contribution in [-0.2, 0) is 10.0 Å². The van der Waals surface area contributed by atoms with Crippen molar-refractivity contribution in [3.63, 3.8) is 0 Å². The number of carbonyl (C=O) groups is 1. The van der Waals surface area contributed by atoms with Crippen LogP contribution in [0.4, 0.5) is 5.69 Å². The summed E-state index contributed by atoms with van der Waals surface area (Å²) < 4.78 is 23.4. The van der Waals surface area contributed by atoms with Crippen molar-refractivity contribution < 1.29 is 13.2 Å². The molecule has 0 aliphatic heterocycles. The topological polar surface area (TPSA) is 80.5 Å². The summed E-state index contributed by atoms with van der Waals surface area (Å²) in [5, 5.41) is 5.38. The van der Waals surface area contributed by atoms with Crippen LogP contribution >= 0.6 is 15.9 Å². The molecular formula is C12H17BrN2O3S. The van der Waals surface area contributed by atoms with Gasteiger partial charge >= 0.3 is 0 Å². The highest BCUT2D eigenvalue weighted by Crippen LogP contribution is 2.26. The van der Waals surface area contributed by atoms with Gasteiger partial charge in [-0.25, -0.2) is 13.6 Å². The summed E-state index contributed by atoms with van der Waals surface area (Å²) in [4.78, 5) is 13.5. The van der Waals surface area contributed by atoms with Gasteiger partial charge in [-0.3, -0.25) is 4.79 Å². The third-order valence-electron chi connectivity index (χ3n) is 2.81. The van der Waals surface area contributed by atoms with Crippen LogP contribution in [-0.4, -0.2) is 32.6 Å². The Morgan fingerprint density at radius 3 is 2.32 bits per heavy atom. The molecule has 7 heteroatoms. The predicted octanol–water partition coefficient (Wildman–Crippen LogP) is 1.76. The number of Topliss-reactive ketones (excluding diaryl/α,β-unsaturated/α-hetero) is 1. The van der Waals surface area contributed by atoms with Crippen LogP contribution in [0.25, 0.3) is 0 Å². The molecule has 0 unspecified atom stereocenters. The minimum Gasteiger partial charge on any atom is -0.371 e. The monoisotopic (exact) mass is 348 g/mol. The van der Waals surface area contributed by atoms with E-state index in [0.29, 0.717) is 24.3 Å². The third-order valence-corrected chi connectivity index (χ3v) is 4.26. The summed E-state index contributed by atoms with van der Waals surface area (Å²) in [6.45, 7) is 5.16. The number of benzene rings is 1. The van der Waals surface area contributed by atoms with Gasteiger partial charge in [0.25, 0.3) is 0 Å². The minimum atomic E-state index is -3.87. The molecule has 19 heavy (non-hydrogen) atoms. The van der Waals surface area contributed by atoms with E-state index in [-0.39, 0.29) is 16.0 Å². The molecule has 1 aromatic rings. The lowest BCUT2D eigenvalue weighted by atomic mass is 10.1. The molecule has 1 aromatic carbocycles. The Morgan fingerprint density at radius 2 is 1.89 bits per heavy atom. The van der Waals surface area contributed by atoms with Gasteiger partial charge in [-0.2, -0.15) is 0 Å². The molecule has 0 atom stereocenters. The highest BCUT2D eigenvalue weighted by atomic mass is 79.9. The highest BCUT2D eigenvalue weighted by Gasteiger charge is 2.19. The lowest BCUT2D eigenvalue weighted by Gasteiger charge is -2.23. The van der Waals surface area contributed by atoms with Crippen molar-refractivity contribution in [2.45, 2.75) is 18.7 Å². The molecule has 5 nitrogen and oxygen atoms in total. The van der Waals surface area contributed by atoms with Crippen molar-refractivity contribution in [2.24, 2.45) is 5.14 Å². The number of halogens is 1. The van der Waals surface area contributed by atoms with Crippen LogP contribution in [0.15, 0.2) is 23.1 Å². The Bertz CT molecular complexity index is 568. The number of anilines is 1. The Balaban J connectivity index is 3.45. The van der Waals surface area contributed by atoms with Crippen LogP contribution in [0.1, 0.15) is 24.2 Å². The van der Waals surface area contributed by atoms with Crippen molar-refractivity contribution in [3.05, 3.63) is 23.8 Å². The number of nitrogens with zero attached hydrogens (tertiary/aromatic N) is 1. The van der Waals surface area contributed by atoms with E-state index in [4.69, 9.17) is 5.14 Å². The van der Waals surface area contributed by atoms with Gasteiger partial charge < -0.3 is 4.90 Å².